The number of methoxy groups -OCH3 is 2. The molecule has 0 aliphatic rings. The fraction of sp³-hybridized carbons (Fsp3) is 0.200. The molecule has 0 bridgehead atoms. The van der Waals surface area contributed by atoms with Crippen molar-refractivity contribution in [3.63, 3.8) is 0 Å². The monoisotopic (exact) mass is 448 g/mol. The van der Waals surface area contributed by atoms with Crippen LogP contribution in [0.4, 0.5) is 5.69 Å². The van der Waals surface area contributed by atoms with Crippen molar-refractivity contribution in [3.05, 3.63) is 87.9 Å². The molecule has 6 nitrogen and oxygen atoms in total. The first-order valence-corrected chi connectivity index (χ1v) is 10.9. The molecule has 7 heteroatoms. The minimum absolute atomic E-state index is 0.326. The fourth-order valence-corrected chi connectivity index (χ4v) is 4.95. The maximum absolute atomic E-state index is 13.3. The van der Waals surface area contributed by atoms with E-state index in [1.165, 1.54) is 18.4 Å². The second kappa shape index (κ2) is 9.48. The predicted octanol–water partition coefficient (Wildman–Crippen LogP) is 5.09. The van der Waals surface area contributed by atoms with E-state index in [0.29, 0.717) is 28.5 Å². The number of thiophene rings is 1. The summed E-state index contributed by atoms with van der Waals surface area (Å²) in [5.74, 6) is 0.147. The van der Waals surface area contributed by atoms with Gasteiger partial charge in [-0.2, -0.15) is 0 Å². The summed E-state index contributed by atoms with van der Waals surface area (Å²) < 4.78 is 10.8. The highest BCUT2D eigenvalue weighted by atomic mass is 32.1. The van der Waals surface area contributed by atoms with E-state index < -0.39 is 6.10 Å². The molecule has 2 heterocycles. The van der Waals surface area contributed by atoms with Crippen LogP contribution in [0.2, 0.25) is 0 Å². The molecule has 0 saturated carbocycles. The normalized spacial score (nSPS) is 12.0. The zero-order valence-corrected chi connectivity index (χ0v) is 18.9. The van der Waals surface area contributed by atoms with Gasteiger partial charge in [-0.1, -0.05) is 42.5 Å². The standard InChI is InChI=1S/C25H24N2O4S/c1-15-13-17(14-30-2)20-21(27-24(29)18-11-7-8-12-19(18)31-3)23(32-25(20)26-15)22(28)16-9-5-4-6-10-16/h4-13,22,28H,14H2,1-3H3,(H,27,29)/t22-/m0/s1. The Labute approximate surface area is 190 Å². The van der Waals surface area contributed by atoms with Gasteiger partial charge in [-0.05, 0) is 36.2 Å². The highest BCUT2D eigenvalue weighted by Gasteiger charge is 2.25. The molecule has 0 radical (unpaired) electrons. The third-order valence-corrected chi connectivity index (χ3v) is 6.29. The highest BCUT2D eigenvalue weighted by Crippen LogP contribution is 2.43. The van der Waals surface area contributed by atoms with Crippen LogP contribution < -0.4 is 10.1 Å². The van der Waals surface area contributed by atoms with Gasteiger partial charge < -0.3 is 19.9 Å². The van der Waals surface area contributed by atoms with Crippen molar-refractivity contribution in [2.24, 2.45) is 0 Å². The Hall–Kier alpha value is -3.26. The molecule has 0 spiro atoms. The maximum Gasteiger partial charge on any atom is 0.259 e. The number of pyridine rings is 1. The summed E-state index contributed by atoms with van der Waals surface area (Å²) in [6.45, 7) is 2.27. The van der Waals surface area contributed by atoms with Gasteiger partial charge in [0.2, 0.25) is 0 Å². The number of nitrogens with zero attached hydrogens (tertiary/aromatic N) is 1. The van der Waals surface area contributed by atoms with Gasteiger partial charge in [-0.3, -0.25) is 4.79 Å². The topological polar surface area (TPSA) is 80.7 Å². The SMILES string of the molecule is COCc1cc(C)nc2sc([C@@H](O)c3ccccc3)c(NC(=O)c3ccccc3OC)c12. The van der Waals surface area contributed by atoms with E-state index in [9.17, 15) is 9.90 Å². The molecule has 2 aromatic heterocycles. The zero-order valence-electron chi connectivity index (χ0n) is 18.1. The van der Waals surface area contributed by atoms with Crippen LogP contribution in [-0.4, -0.2) is 30.2 Å². The van der Waals surface area contributed by atoms with Crippen molar-refractivity contribution in [3.8, 4) is 5.75 Å². The molecule has 0 saturated heterocycles. The van der Waals surface area contributed by atoms with E-state index in [0.717, 1.165) is 27.0 Å². The second-order valence-electron chi connectivity index (χ2n) is 7.34. The van der Waals surface area contributed by atoms with Crippen LogP contribution in [0, 0.1) is 6.92 Å². The third-order valence-electron chi connectivity index (χ3n) is 5.15. The minimum Gasteiger partial charge on any atom is -0.496 e. The van der Waals surface area contributed by atoms with Gasteiger partial charge in [-0.15, -0.1) is 11.3 Å². The number of aliphatic hydroxyl groups excluding tert-OH is 1. The Morgan fingerprint density at radius 1 is 1.12 bits per heavy atom. The molecule has 0 aliphatic carbocycles. The van der Waals surface area contributed by atoms with Crippen LogP contribution in [0.1, 0.15) is 38.2 Å². The van der Waals surface area contributed by atoms with Crippen molar-refractivity contribution in [1.82, 2.24) is 4.98 Å². The lowest BCUT2D eigenvalue weighted by atomic mass is 10.0. The lowest BCUT2D eigenvalue weighted by Gasteiger charge is -2.15. The van der Waals surface area contributed by atoms with Crippen molar-refractivity contribution in [2.75, 3.05) is 19.5 Å². The molecule has 0 unspecified atom stereocenters. The summed E-state index contributed by atoms with van der Waals surface area (Å²) in [4.78, 5) is 19.3. The van der Waals surface area contributed by atoms with Gasteiger partial charge in [0.25, 0.3) is 5.91 Å². The van der Waals surface area contributed by atoms with Gasteiger partial charge in [0, 0.05) is 18.2 Å². The van der Waals surface area contributed by atoms with Crippen molar-refractivity contribution >= 4 is 33.1 Å². The van der Waals surface area contributed by atoms with Gasteiger partial charge >= 0.3 is 0 Å². The number of fused-ring (bicyclic) bond motifs is 1. The Morgan fingerprint density at radius 2 is 1.84 bits per heavy atom. The quantitative estimate of drug-likeness (QED) is 0.411. The Kier molecular flexibility index (Phi) is 6.50. The molecule has 1 amide bonds. The number of benzene rings is 2. The van der Waals surface area contributed by atoms with Gasteiger partial charge in [0.15, 0.2) is 0 Å². The predicted molar refractivity (Wildman–Crippen MR) is 127 cm³/mol. The maximum atomic E-state index is 13.3. The minimum atomic E-state index is -0.918. The molecule has 32 heavy (non-hydrogen) atoms. The average Bonchev–Trinajstić information content (AvgIpc) is 3.17. The number of anilines is 1. The number of ether oxygens (including phenoxy) is 2. The molecule has 4 aromatic rings. The van der Waals surface area contributed by atoms with E-state index in [1.54, 1.807) is 25.3 Å². The summed E-state index contributed by atoms with van der Waals surface area (Å²) in [7, 11) is 3.15. The van der Waals surface area contributed by atoms with E-state index in [-0.39, 0.29) is 5.91 Å². The smallest absolute Gasteiger partial charge is 0.259 e. The fourth-order valence-electron chi connectivity index (χ4n) is 3.72. The number of hydrogen-bond acceptors (Lipinski definition) is 6. The van der Waals surface area contributed by atoms with Gasteiger partial charge in [0.1, 0.15) is 16.7 Å². The Morgan fingerprint density at radius 3 is 2.56 bits per heavy atom. The number of para-hydroxylation sites is 1. The van der Waals surface area contributed by atoms with Crippen LogP contribution >= 0.6 is 11.3 Å². The second-order valence-corrected chi connectivity index (χ2v) is 8.38. The van der Waals surface area contributed by atoms with E-state index in [1.807, 2.05) is 49.4 Å². The van der Waals surface area contributed by atoms with E-state index >= 15 is 0 Å². The van der Waals surface area contributed by atoms with Gasteiger partial charge in [-0.25, -0.2) is 4.98 Å². The molecule has 0 fully saturated rings. The molecular formula is C25H24N2O4S. The van der Waals surface area contributed by atoms with E-state index in [4.69, 9.17) is 9.47 Å². The summed E-state index contributed by atoms with van der Waals surface area (Å²) in [6, 6.07) is 18.3. The largest absolute Gasteiger partial charge is 0.496 e. The van der Waals surface area contributed by atoms with Crippen molar-refractivity contribution in [2.45, 2.75) is 19.6 Å². The lowest BCUT2D eigenvalue weighted by molar-refractivity contribution is 0.102. The first kappa shape index (κ1) is 22.0. The molecule has 0 aliphatic heterocycles. The van der Waals surface area contributed by atoms with Crippen LogP contribution in [0.3, 0.4) is 0 Å². The number of aliphatic hydroxyl groups is 1. The Bertz CT molecular complexity index is 1250. The molecule has 2 N–H and O–H groups in total. The summed E-state index contributed by atoms with van der Waals surface area (Å²) in [5.41, 5.74) is 3.42. The summed E-state index contributed by atoms with van der Waals surface area (Å²) in [5, 5.41) is 15.0. The number of carbonyl (C=O) groups excluding carboxylic acids is 1. The number of amides is 1. The first-order valence-electron chi connectivity index (χ1n) is 10.1. The molecular weight excluding hydrogens is 424 g/mol. The molecule has 164 valence electrons. The number of nitrogens with one attached hydrogen (secondary N) is 1. The molecule has 2 aromatic carbocycles. The van der Waals surface area contributed by atoms with Crippen LogP contribution in [0.15, 0.2) is 60.7 Å². The number of aryl methyl sites for hydroxylation is 1. The zero-order chi connectivity index (χ0) is 22.7. The number of carbonyl (C=O) groups is 1. The van der Waals surface area contributed by atoms with Crippen LogP contribution in [0.5, 0.6) is 5.75 Å². The Balaban J connectivity index is 1.88. The lowest BCUT2D eigenvalue weighted by Crippen LogP contribution is -2.15. The van der Waals surface area contributed by atoms with Crippen LogP contribution in [0.25, 0.3) is 10.2 Å². The average molecular weight is 449 g/mol. The highest BCUT2D eigenvalue weighted by molar-refractivity contribution is 7.19. The first-order chi connectivity index (χ1) is 15.5. The van der Waals surface area contributed by atoms with Crippen molar-refractivity contribution < 1.29 is 19.4 Å². The number of hydrogen-bond donors (Lipinski definition) is 2. The third kappa shape index (κ3) is 4.23. The van der Waals surface area contributed by atoms with Gasteiger partial charge in [0.05, 0.1) is 29.8 Å². The number of aromatic nitrogens is 1. The van der Waals surface area contributed by atoms with Crippen LogP contribution in [-0.2, 0) is 11.3 Å². The number of rotatable bonds is 7. The summed E-state index contributed by atoms with van der Waals surface area (Å²) >= 11 is 1.37. The molecule has 4 rings (SSSR count). The summed E-state index contributed by atoms with van der Waals surface area (Å²) in [6.07, 6.45) is -0.918. The van der Waals surface area contributed by atoms with E-state index in [2.05, 4.69) is 10.3 Å². The van der Waals surface area contributed by atoms with Crippen molar-refractivity contribution in [1.29, 1.82) is 0 Å². The molecule has 1 atom stereocenters.